The molecule has 10 heteroatoms. The van der Waals surface area contributed by atoms with Gasteiger partial charge >= 0.3 is 5.97 Å². The van der Waals surface area contributed by atoms with Gasteiger partial charge in [-0.2, -0.15) is 0 Å². The van der Waals surface area contributed by atoms with Crippen molar-refractivity contribution in [2.45, 2.75) is 32.7 Å². The molecule has 8 nitrogen and oxygen atoms in total. The molecule has 2 unspecified atom stereocenters. The number of aromatic nitrogens is 2. The van der Waals surface area contributed by atoms with Gasteiger partial charge in [-0.3, -0.25) is 14.7 Å². The molecule has 0 saturated carbocycles. The second-order valence-electron chi connectivity index (χ2n) is 8.75. The summed E-state index contributed by atoms with van der Waals surface area (Å²) in [6, 6.07) is 12.4. The van der Waals surface area contributed by atoms with E-state index < -0.39 is 23.3 Å². The minimum atomic E-state index is -1.24. The summed E-state index contributed by atoms with van der Waals surface area (Å²) in [4.78, 5) is 24.9. The van der Waals surface area contributed by atoms with Crippen LogP contribution in [0.25, 0.3) is 11.1 Å². The van der Waals surface area contributed by atoms with Gasteiger partial charge in [-0.1, -0.05) is 35.9 Å². The number of aromatic amines is 1. The number of hydrogen-bond donors (Lipinski definition) is 3. The molecule has 0 aliphatic heterocycles. The van der Waals surface area contributed by atoms with Crippen LogP contribution in [-0.2, 0) is 16.0 Å². The first kappa shape index (κ1) is 27.2. The molecule has 36 heavy (non-hydrogen) atoms. The molecule has 0 bridgehead atoms. The van der Waals surface area contributed by atoms with Crippen molar-refractivity contribution < 1.29 is 28.6 Å². The number of carboxylic acid groups (broad SMARTS) is 1. The van der Waals surface area contributed by atoms with Crippen LogP contribution in [-0.4, -0.2) is 53.5 Å². The number of hydrogen-bond acceptors (Lipinski definition) is 5. The highest BCUT2D eigenvalue weighted by Gasteiger charge is 2.36. The van der Waals surface area contributed by atoms with Crippen LogP contribution < -0.4 is 10.1 Å². The van der Waals surface area contributed by atoms with Crippen molar-refractivity contribution in [3.63, 3.8) is 0 Å². The largest absolute Gasteiger partial charge is 0.481 e. The predicted octanol–water partition coefficient (Wildman–Crippen LogP) is 4.74. The number of ether oxygens (including phenoxy) is 2. The molecule has 1 aromatic heterocycles. The summed E-state index contributed by atoms with van der Waals surface area (Å²) in [5.74, 6) is -1.57. The van der Waals surface area contributed by atoms with Gasteiger partial charge in [0.05, 0.1) is 18.6 Å². The first-order valence-corrected chi connectivity index (χ1v) is 11.8. The van der Waals surface area contributed by atoms with E-state index in [0.717, 1.165) is 5.56 Å². The Bertz CT molecular complexity index is 1200. The Morgan fingerprint density at radius 3 is 2.58 bits per heavy atom. The smallest absolute Gasteiger partial charge is 0.311 e. The van der Waals surface area contributed by atoms with Crippen molar-refractivity contribution in [2.75, 3.05) is 20.3 Å². The number of carbonyl (C=O) groups excluding carboxylic acids is 1. The van der Waals surface area contributed by atoms with E-state index in [2.05, 4.69) is 15.5 Å². The maximum absolute atomic E-state index is 14.3. The second-order valence-corrected chi connectivity index (χ2v) is 9.19. The number of carboxylic acids is 1. The first-order chi connectivity index (χ1) is 17.1. The number of aliphatic carboxylic acids is 1. The van der Waals surface area contributed by atoms with Gasteiger partial charge in [0.1, 0.15) is 11.5 Å². The number of H-pyrrole nitrogens is 1. The highest BCUT2D eigenvalue weighted by Crippen LogP contribution is 2.29. The minimum Gasteiger partial charge on any atom is -0.481 e. The van der Waals surface area contributed by atoms with Crippen LogP contribution >= 0.6 is 11.6 Å². The van der Waals surface area contributed by atoms with Crippen LogP contribution in [0.15, 0.2) is 48.5 Å². The highest BCUT2D eigenvalue weighted by molar-refractivity contribution is 6.30. The Hall–Kier alpha value is -3.43. The minimum absolute atomic E-state index is 0.0275. The zero-order valence-corrected chi connectivity index (χ0v) is 21.1. The fraction of sp³-hybridized carbons (Fsp3) is 0.346. The molecular weight excluding hydrogens is 489 g/mol. The zero-order valence-electron chi connectivity index (χ0n) is 20.3. The number of rotatable bonds is 12. The molecule has 2 aromatic carbocycles. The molecule has 0 fully saturated rings. The standard InChI is InChI=1S/C26H29ClFN3O5/c1-4-36-23-13-22(30-31-23)24(32)29-19(14-26(2,15-35-3)25(33)34)11-16-5-7-17(8-6-16)20-12-18(27)9-10-21(20)28/h5-10,12-13,19H,4,11,14-15H2,1-3H3,(H,29,32)(H,30,31)(H,33,34). The molecule has 0 radical (unpaired) electrons. The molecule has 1 heterocycles. The Morgan fingerprint density at radius 1 is 1.22 bits per heavy atom. The summed E-state index contributed by atoms with van der Waals surface area (Å²) in [5.41, 5.74) is 0.813. The molecule has 3 rings (SSSR count). The van der Waals surface area contributed by atoms with Gasteiger partial charge in [0, 0.05) is 29.8 Å². The van der Waals surface area contributed by atoms with Gasteiger partial charge < -0.3 is 19.9 Å². The maximum Gasteiger partial charge on any atom is 0.311 e. The van der Waals surface area contributed by atoms with E-state index in [1.165, 1.54) is 25.3 Å². The lowest BCUT2D eigenvalue weighted by molar-refractivity contribution is -0.152. The zero-order chi connectivity index (χ0) is 26.3. The van der Waals surface area contributed by atoms with Crippen LogP contribution in [0, 0.1) is 11.2 Å². The van der Waals surface area contributed by atoms with Crippen molar-refractivity contribution in [1.29, 1.82) is 0 Å². The Balaban J connectivity index is 1.83. The van der Waals surface area contributed by atoms with E-state index in [9.17, 15) is 19.1 Å². The van der Waals surface area contributed by atoms with Crippen molar-refractivity contribution in [3.05, 3.63) is 70.6 Å². The van der Waals surface area contributed by atoms with Gasteiger partial charge in [-0.05, 0) is 56.0 Å². The highest BCUT2D eigenvalue weighted by atomic mass is 35.5. The molecule has 3 N–H and O–H groups in total. The van der Waals surface area contributed by atoms with Crippen LogP contribution in [0.3, 0.4) is 0 Å². The first-order valence-electron chi connectivity index (χ1n) is 11.4. The van der Waals surface area contributed by atoms with Gasteiger partial charge in [0.25, 0.3) is 5.91 Å². The molecule has 1 amide bonds. The van der Waals surface area contributed by atoms with E-state index in [1.54, 1.807) is 32.0 Å². The molecule has 3 aromatic rings. The summed E-state index contributed by atoms with van der Waals surface area (Å²) >= 11 is 6.02. The molecule has 0 aliphatic rings. The number of methoxy groups -OCH3 is 1. The molecular formula is C26H29ClFN3O5. The van der Waals surface area contributed by atoms with E-state index in [0.29, 0.717) is 29.2 Å². The quantitative estimate of drug-likeness (QED) is 0.320. The van der Waals surface area contributed by atoms with Crippen molar-refractivity contribution >= 4 is 23.5 Å². The molecule has 2 atom stereocenters. The molecule has 192 valence electrons. The van der Waals surface area contributed by atoms with Crippen molar-refractivity contribution in [1.82, 2.24) is 15.5 Å². The topological polar surface area (TPSA) is 114 Å². The average Bonchev–Trinajstić information content (AvgIpc) is 3.30. The van der Waals surface area contributed by atoms with Gasteiger partial charge in [0.2, 0.25) is 5.88 Å². The molecule has 0 aliphatic carbocycles. The number of amides is 1. The molecule has 0 spiro atoms. The number of carbonyl (C=O) groups is 2. The van der Waals surface area contributed by atoms with E-state index in [1.807, 2.05) is 12.1 Å². The van der Waals surface area contributed by atoms with E-state index in [-0.39, 0.29) is 30.4 Å². The fourth-order valence-corrected chi connectivity index (χ4v) is 4.14. The summed E-state index contributed by atoms with van der Waals surface area (Å²) in [5, 5.41) is 19.7. The maximum atomic E-state index is 14.3. The summed E-state index contributed by atoms with van der Waals surface area (Å²) in [6.45, 7) is 3.75. The van der Waals surface area contributed by atoms with Gasteiger partial charge in [-0.25, -0.2) is 4.39 Å². The molecule has 0 saturated heterocycles. The Morgan fingerprint density at radius 2 is 1.94 bits per heavy atom. The van der Waals surface area contributed by atoms with Crippen LogP contribution in [0.2, 0.25) is 5.02 Å². The van der Waals surface area contributed by atoms with Crippen LogP contribution in [0.5, 0.6) is 5.88 Å². The SMILES string of the molecule is CCOc1cc(C(=O)NC(Cc2ccc(-c3cc(Cl)ccc3F)cc2)CC(C)(COC)C(=O)O)[nH]n1. The van der Waals surface area contributed by atoms with Crippen LogP contribution in [0.4, 0.5) is 4.39 Å². The number of nitrogens with zero attached hydrogens (tertiary/aromatic N) is 1. The lowest BCUT2D eigenvalue weighted by Gasteiger charge is -2.29. The third-order valence-corrected chi connectivity index (χ3v) is 6.01. The summed E-state index contributed by atoms with van der Waals surface area (Å²) in [6.07, 6.45) is 0.447. The lowest BCUT2D eigenvalue weighted by atomic mass is 9.82. The third kappa shape index (κ3) is 6.83. The Labute approximate surface area is 213 Å². The number of nitrogens with one attached hydrogen (secondary N) is 2. The number of halogens is 2. The van der Waals surface area contributed by atoms with Gasteiger partial charge in [0.15, 0.2) is 0 Å². The Kier molecular flexibility index (Phi) is 9.06. The number of benzene rings is 2. The lowest BCUT2D eigenvalue weighted by Crippen LogP contribution is -2.44. The fourth-order valence-electron chi connectivity index (χ4n) is 3.97. The van der Waals surface area contributed by atoms with Crippen molar-refractivity contribution in [2.24, 2.45) is 5.41 Å². The van der Waals surface area contributed by atoms with Gasteiger partial charge in [-0.15, -0.1) is 5.10 Å². The van der Waals surface area contributed by atoms with E-state index in [4.69, 9.17) is 21.1 Å². The second kappa shape index (κ2) is 12.0. The summed E-state index contributed by atoms with van der Waals surface area (Å²) in [7, 11) is 1.43. The predicted molar refractivity (Wildman–Crippen MR) is 134 cm³/mol. The van der Waals surface area contributed by atoms with Crippen LogP contribution in [0.1, 0.15) is 36.3 Å². The normalized spacial score (nSPS) is 13.6. The van der Waals surface area contributed by atoms with E-state index >= 15 is 0 Å². The van der Waals surface area contributed by atoms with Crippen molar-refractivity contribution in [3.8, 4) is 17.0 Å². The third-order valence-electron chi connectivity index (χ3n) is 5.78. The monoisotopic (exact) mass is 517 g/mol. The average molecular weight is 518 g/mol. The summed E-state index contributed by atoms with van der Waals surface area (Å²) < 4.78 is 24.7.